The maximum atomic E-state index is 13.5. The van der Waals surface area contributed by atoms with E-state index in [1.807, 2.05) is 16.8 Å². The SMILES string of the molecule is CCCCOc1cccc(C(O)=C2C(=O)C(=O)N(CCCn3ccnc3)C2c2ccc(OCCCC)c(OC)c2)c1. The summed E-state index contributed by atoms with van der Waals surface area (Å²) in [6, 6.07) is 11.5. The highest BCUT2D eigenvalue weighted by molar-refractivity contribution is 6.46. The first-order chi connectivity index (χ1) is 20.0. The van der Waals surface area contributed by atoms with Gasteiger partial charge in [0.15, 0.2) is 11.5 Å². The topological polar surface area (TPSA) is 103 Å². The van der Waals surface area contributed by atoms with Crippen LogP contribution in [0, 0.1) is 0 Å². The van der Waals surface area contributed by atoms with Crippen molar-refractivity contribution in [1.82, 2.24) is 14.5 Å². The molecular weight excluding hydrogens is 522 g/mol. The summed E-state index contributed by atoms with van der Waals surface area (Å²) in [4.78, 5) is 32.5. The number of aliphatic hydroxyl groups excluding tert-OH is 1. The van der Waals surface area contributed by atoms with Crippen molar-refractivity contribution in [2.75, 3.05) is 26.9 Å². The lowest BCUT2D eigenvalue weighted by molar-refractivity contribution is -0.139. The molecule has 1 unspecified atom stereocenters. The molecule has 4 rings (SSSR count). The number of aromatic nitrogens is 2. The van der Waals surface area contributed by atoms with Crippen LogP contribution in [0.2, 0.25) is 0 Å². The second-order valence-corrected chi connectivity index (χ2v) is 9.99. The van der Waals surface area contributed by atoms with E-state index in [-0.39, 0.29) is 11.3 Å². The highest BCUT2D eigenvalue weighted by Gasteiger charge is 2.46. The minimum Gasteiger partial charge on any atom is -0.507 e. The predicted octanol–water partition coefficient (Wildman–Crippen LogP) is 5.76. The zero-order chi connectivity index (χ0) is 29.2. The number of unbranched alkanes of at least 4 members (excludes halogenated alkanes) is 2. The van der Waals surface area contributed by atoms with Gasteiger partial charge in [-0.2, -0.15) is 0 Å². The van der Waals surface area contributed by atoms with Gasteiger partial charge in [-0.05, 0) is 49.1 Å². The summed E-state index contributed by atoms with van der Waals surface area (Å²) >= 11 is 0. The maximum absolute atomic E-state index is 13.5. The molecule has 1 N–H and O–H groups in total. The second-order valence-electron chi connectivity index (χ2n) is 9.99. The number of ketones is 1. The third-order valence-corrected chi connectivity index (χ3v) is 7.05. The molecule has 0 bridgehead atoms. The van der Waals surface area contributed by atoms with Crippen molar-refractivity contribution in [1.29, 1.82) is 0 Å². The van der Waals surface area contributed by atoms with Crippen molar-refractivity contribution in [3.63, 3.8) is 0 Å². The zero-order valence-electron chi connectivity index (χ0n) is 24.0. The molecule has 1 saturated heterocycles. The number of nitrogens with zero attached hydrogens (tertiary/aromatic N) is 3. The minimum absolute atomic E-state index is 0.0324. The summed E-state index contributed by atoms with van der Waals surface area (Å²) in [5.41, 5.74) is 1.08. The summed E-state index contributed by atoms with van der Waals surface area (Å²) in [5.74, 6) is 0.0413. The number of aryl methyl sites for hydroxylation is 1. The monoisotopic (exact) mass is 561 g/mol. The van der Waals surface area contributed by atoms with Crippen LogP contribution in [0.15, 0.2) is 66.8 Å². The highest BCUT2D eigenvalue weighted by atomic mass is 16.5. The van der Waals surface area contributed by atoms with Crippen LogP contribution < -0.4 is 14.2 Å². The average molecular weight is 562 g/mol. The Kier molecular flexibility index (Phi) is 10.4. The van der Waals surface area contributed by atoms with Crippen LogP contribution in [0.1, 0.15) is 63.1 Å². The van der Waals surface area contributed by atoms with Gasteiger partial charge in [0.2, 0.25) is 0 Å². The zero-order valence-corrected chi connectivity index (χ0v) is 24.0. The highest BCUT2D eigenvalue weighted by Crippen LogP contribution is 2.42. The first-order valence-electron chi connectivity index (χ1n) is 14.3. The maximum Gasteiger partial charge on any atom is 0.295 e. The van der Waals surface area contributed by atoms with E-state index in [2.05, 4.69) is 18.8 Å². The number of methoxy groups -OCH3 is 1. The van der Waals surface area contributed by atoms with Gasteiger partial charge in [0.05, 0.1) is 38.3 Å². The molecule has 1 aliphatic rings. The van der Waals surface area contributed by atoms with Crippen LogP contribution in [0.4, 0.5) is 0 Å². The summed E-state index contributed by atoms with van der Waals surface area (Å²) in [6.45, 7) is 6.21. The number of likely N-dealkylation sites (tertiary alicyclic amines) is 1. The molecule has 1 aliphatic heterocycles. The van der Waals surface area contributed by atoms with E-state index in [4.69, 9.17) is 14.2 Å². The smallest absolute Gasteiger partial charge is 0.295 e. The van der Waals surface area contributed by atoms with Gasteiger partial charge in [-0.3, -0.25) is 9.59 Å². The molecule has 1 aromatic heterocycles. The number of aliphatic hydroxyl groups is 1. The van der Waals surface area contributed by atoms with Gasteiger partial charge in [0, 0.05) is 31.0 Å². The summed E-state index contributed by atoms with van der Waals surface area (Å²) in [5, 5.41) is 11.5. The van der Waals surface area contributed by atoms with Crippen molar-refractivity contribution in [3.05, 3.63) is 77.9 Å². The Labute approximate surface area is 241 Å². The third kappa shape index (κ3) is 7.09. The fraction of sp³-hybridized carbons (Fsp3) is 0.406. The fourth-order valence-electron chi connectivity index (χ4n) is 4.82. The Morgan fingerprint density at radius 2 is 1.73 bits per heavy atom. The molecule has 0 spiro atoms. The first-order valence-corrected chi connectivity index (χ1v) is 14.3. The van der Waals surface area contributed by atoms with E-state index in [1.165, 1.54) is 4.90 Å². The number of benzene rings is 2. The van der Waals surface area contributed by atoms with E-state index in [1.54, 1.807) is 56.0 Å². The predicted molar refractivity (Wildman–Crippen MR) is 156 cm³/mol. The standard InChI is InChI=1S/C32H39N3O6/c1-4-6-18-40-25-11-8-10-24(20-25)30(36)28-29(23-12-13-26(27(21-23)39-3)41-19-7-5-2)35(32(38)31(28)37)16-9-15-34-17-14-33-22-34/h8,10-14,17,20-22,29,36H,4-7,9,15-16,18-19H2,1-3H3. The number of hydrogen-bond acceptors (Lipinski definition) is 7. The Morgan fingerprint density at radius 3 is 2.44 bits per heavy atom. The molecule has 0 aliphatic carbocycles. The lowest BCUT2D eigenvalue weighted by Crippen LogP contribution is -2.31. The number of amides is 1. The van der Waals surface area contributed by atoms with Gasteiger partial charge < -0.3 is 28.8 Å². The van der Waals surface area contributed by atoms with E-state index in [9.17, 15) is 14.7 Å². The molecule has 1 fully saturated rings. The summed E-state index contributed by atoms with van der Waals surface area (Å²) in [6.07, 6.45) is 9.66. The molecule has 0 radical (unpaired) electrons. The van der Waals surface area contributed by atoms with Crippen molar-refractivity contribution in [2.24, 2.45) is 0 Å². The number of imidazole rings is 1. The lowest BCUT2D eigenvalue weighted by atomic mass is 9.95. The first kappa shape index (κ1) is 29.7. The van der Waals surface area contributed by atoms with Crippen LogP contribution >= 0.6 is 0 Å². The molecule has 1 atom stereocenters. The van der Waals surface area contributed by atoms with Crippen molar-refractivity contribution in [3.8, 4) is 17.2 Å². The molecular formula is C32H39N3O6. The van der Waals surface area contributed by atoms with Crippen molar-refractivity contribution < 1.29 is 28.9 Å². The van der Waals surface area contributed by atoms with E-state index < -0.39 is 17.7 Å². The molecule has 3 aromatic rings. The van der Waals surface area contributed by atoms with Crippen molar-refractivity contribution in [2.45, 2.75) is 58.5 Å². The normalized spacial score (nSPS) is 16.3. The molecule has 2 heterocycles. The molecule has 9 nitrogen and oxygen atoms in total. The van der Waals surface area contributed by atoms with Crippen LogP contribution in [-0.2, 0) is 16.1 Å². The van der Waals surface area contributed by atoms with Crippen LogP contribution in [0.5, 0.6) is 17.2 Å². The third-order valence-electron chi connectivity index (χ3n) is 7.05. The van der Waals surface area contributed by atoms with Gasteiger partial charge in [-0.25, -0.2) is 4.98 Å². The lowest BCUT2D eigenvalue weighted by Gasteiger charge is -2.26. The number of rotatable bonds is 15. The fourth-order valence-corrected chi connectivity index (χ4v) is 4.82. The largest absolute Gasteiger partial charge is 0.507 e. The van der Waals surface area contributed by atoms with Crippen LogP contribution in [-0.4, -0.2) is 58.1 Å². The number of hydrogen-bond donors (Lipinski definition) is 1. The summed E-state index contributed by atoms with van der Waals surface area (Å²) < 4.78 is 19.3. The Balaban J connectivity index is 1.72. The number of carbonyl (C=O) groups is 2. The van der Waals surface area contributed by atoms with Crippen LogP contribution in [0.25, 0.3) is 5.76 Å². The Morgan fingerprint density at radius 1 is 0.951 bits per heavy atom. The Bertz CT molecular complexity index is 1350. The molecule has 9 heteroatoms. The average Bonchev–Trinajstić information content (AvgIpc) is 3.60. The van der Waals surface area contributed by atoms with Gasteiger partial charge in [0.25, 0.3) is 11.7 Å². The molecule has 41 heavy (non-hydrogen) atoms. The number of carbonyl (C=O) groups excluding carboxylic acids is 2. The van der Waals surface area contributed by atoms with Gasteiger partial charge in [-0.15, -0.1) is 0 Å². The van der Waals surface area contributed by atoms with E-state index >= 15 is 0 Å². The number of ether oxygens (including phenoxy) is 3. The minimum atomic E-state index is -0.805. The van der Waals surface area contributed by atoms with Crippen LogP contribution in [0.3, 0.4) is 0 Å². The van der Waals surface area contributed by atoms with Gasteiger partial charge in [0.1, 0.15) is 11.5 Å². The quantitative estimate of drug-likeness (QED) is 0.109. The molecule has 218 valence electrons. The molecule has 2 aromatic carbocycles. The van der Waals surface area contributed by atoms with E-state index in [0.717, 1.165) is 25.7 Å². The van der Waals surface area contributed by atoms with Gasteiger partial charge >= 0.3 is 0 Å². The summed E-state index contributed by atoms with van der Waals surface area (Å²) in [7, 11) is 1.55. The molecule has 0 saturated carbocycles. The number of Topliss-reactive ketones (excluding diaryl/α,β-unsaturated/α-hetero) is 1. The van der Waals surface area contributed by atoms with E-state index in [0.29, 0.717) is 61.1 Å². The molecule has 1 amide bonds. The van der Waals surface area contributed by atoms with Gasteiger partial charge in [-0.1, -0.05) is 44.9 Å². The second kappa shape index (κ2) is 14.4. The Hall–Kier alpha value is -4.27. The van der Waals surface area contributed by atoms with Crippen molar-refractivity contribution >= 4 is 17.4 Å².